The molecule has 2 nitrogen and oxygen atoms in total. The van der Waals surface area contributed by atoms with Crippen LogP contribution in [0.1, 0.15) is 16.7 Å². The molecule has 0 bridgehead atoms. The molecule has 23 heavy (non-hydrogen) atoms. The Morgan fingerprint density at radius 3 is 2.70 bits per heavy atom. The van der Waals surface area contributed by atoms with Gasteiger partial charge in [0, 0.05) is 18.9 Å². The fourth-order valence-corrected chi connectivity index (χ4v) is 5.13. The summed E-state index contributed by atoms with van der Waals surface area (Å²) in [5.41, 5.74) is 4.40. The fourth-order valence-electron chi connectivity index (χ4n) is 3.55. The lowest BCUT2D eigenvalue weighted by atomic mass is 9.86. The number of rotatable bonds is 4. The van der Waals surface area contributed by atoms with E-state index in [0.29, 0.717) is 0 Å². The van der Waals surface area contributed by atoms with E-state index in [4.69, 9.17) is 0 Å². The van der Waals surface area contributed by atoms with Crippen LogP contribution in [-0.4, -0.2) is 15.3 Å². The minimum atomic E-state index is 0.0803. The van der Waals surface area contributed by atoms with Crippen LogP contribution in [0, 0.1) is 0 Å². The average Bonchev–Trinajstić information content (AvgIpc) is 3.09. The van der Waals surface area contributed by atoms with Crippen LogP contribution >= 0.6 is 11.8 Å². The van der Waals surface area contributed by atoms with Crippen molar-refractivity contribution in [1.82, 2.24) is 9.55 Å². The summed E-state index contributed by atoms with van der Waals surface area (Å²) in [4.78, 5) is 4.24. The lowest BCUT2D eigenvalue weighted by Crippen LogP contribution is -2.35. The third kappa shape index (κ3) is 2.93. The summed E-state index contributed by atoms with van der Waals surface area (Å²) in [7, 11) is 0. The second kappa shape index (κ2) is 6.25. The minimum absolute atomic E-state index is 0.0803. The number of fused-ring (bicyclic) bond motifs is 1. The molecular weight excluding hydrogens is 300 g/mol. The van der Waals surface area contributed by atoms with Crippen molar-refractivity contribution >= 4 is 11.8 Å². The van der Waals surface area contributed by atoms with Gasteiger partial charge in [-0.1, -0.05) is 54.6 Å². The van der Waals surface area contributed by atoms with Gasteiger partial charge in [0.1, 0.15) is 0 Å². The Balaban J connectivity index is 1.78. The van der Waals surface area contributed by atoms with Crippen LogP contribution in [0.15, 0.2) is 73.3 Å². The molecule has 3 heteroatoms. The van der Waals surface area contributed by atoms with Crippen molar-refractivity contribution in [1.29, 1.82) is 0 Å². The summed E-state index contributed by atoms with van der Waals surface area (Å²) in [6.45, 7) is 0.962. The van der Waals surface area contributed by atoms with Crippen molar-refractivity contribution in [3.05, 3.63) is 90.0 Å². The molecule has 0 aliphatic carbocycles. The molecule has 0 spiro atoms. The Morgan fingerprint density at radius 1 is 1.04 bits per heavy atom. The second-order valence-corrected chi connectivity index (χ2v) is 7.63. The van der Waals surface area contributed by atoms with E-state index in [1.165, 1.54) is 28.9 Å². The SMILES string of the molecule is c1ccc(CC2(Cn3ccnc3)SCCc3ccccc32)cc1. The highest BCUT2D eigenvalue weighted by Crippen LogP contribution is 2.46. The van der Waals surface area contributed by atoms with Crippen molar-refractivity contribution in [2.75, 3.05) is 5.75 Å². The number of nitrogens with zero attached hydrogens (tertiary/aromatic N) is 2. The van der Waals surface area contributed by atoms with E-state index < -0.39 is 0 Å². The number of hydrogen-bond donors (Lipinski definition) is 0. The normalized spacial score (nSPS) is 20.2. The first-order chi connectivity index (χ1) is 11.4. The molecule has 0 saturated carbocycles. The summed E-state index contributed by atoms with van der Waals surface area (Å²) in [6, 6.07) is 19.8. The van der Waals surface area contributed by atoms with E-state index in [-0.39, 0.29) is 4.75 Å². The Morgan fingerprint density at radius 2 is 1.87 bits per heavy atom. The Hall–Kier alpha value is -2.00. The lowest BCUT2D eigenvalue weighted by molar-refractivity contribution is 0.500. The molecule has 0 fully saturated rings. The monoisotopic (exact) mass is 320 g/mol. The predicted octanol–water partition coefficient (Wildman–Crippen LogP) is 4.31. The molecule has 0 radical (unpaired) electrons. The predicted molar refractivity (Wildman–Crippen MR) is 96.7 cm³/mol. The molecule has 1 aliphatic heterocycles. The summed E-state index contributed by atoms with van der Waals surface area (Å²) < 4.78 is 2.30. The van der Waals surface area contributed by atoms with E-state index in [1.807, 2.05) is 12.5 Å². The van der Waals surface area contributed by atoms with Gasteiger partial charge in [0.25, 0.3) is 0 Å². The summed E-state index contributed by atoms with van der Waals surface area (Å²) in [5.74, 6) is 1.18. The van der Waals surface area contributed by atoms with Crippen molar-refractivity contribution in [3.63, 3.8) is 0 Å². The number of thioether (sulfide) groups is 1. The van der Waals surface area contributed by atoms with Gasteiger partial charge in [-0.15, -0.1) is 11.8 Å². The highest BCUT2D eigenvalue weighted by Gasteiger charge is 2.37. The minimum Gasteiger partial charge on any atom is -0.336 e. The van der Waals surface area contributed by atoms with Crippen molar-refractivity contribution < 1.29 is 0 Å². The standard InChI is InChI=1S/C20H20N2S/c1-2-6-17(7-3-1)14-20(15-22-12-11-21-16-22)19-9-5-4-8-18(19)10-13-23-20/h1-9,11-12,16H,10,13-15H2. The smallest absolute Gasteiger partial charge is 0.0946 e. The van der Waals surface area contributed by atoms with Gasteiger partial charge >= 0.3 is 0 Å². The number of aryl methyl sites for hydroxylation is 1. The lowest BCUT2D eigenvalue weighted by Gasteiger charge is -2.39. The number of hydrogen-bond acceptors (Lipinski definition) is 2. The summed E-state index contributed by atoms with van der Waals surface area (Å²) in [5, 5.41) is 0. The first-order valence-corrected chi connectivity index (χ1v) is 9.06. The van der Waals surface area contributed by atoms with Gasteiger partial charge in [-0.05, 0) is 35.3 Å². The third-order valence-electron chi connectivity index (χ3n) is 4.59. The maximum absolute atomic E-state index is 4.24. The molecule has 0 amide bonds. The van der Waals surface area contributed by atoms with Crippen LogP contribution in [0.5, 0.6) is 0 Å². The zero-order valence-corrected chi connectivity index (χ0v) is 13.9. The maximum Gasteiger partial charge on any atom is 0.0946 e. The first kappa shape index (κ1) is 14.6. The van der Waals surface area contributed by atoms with Crippen LogP contribution in [0.4, 0.5) is 0 Å². The fraction of sp³-hybridized carbons (Fsp3) is 0.250. The zero-order valence-electron chi connectivity index (χ0n) is 13.1. The van der Waals surface area contributed by atoms with Gasteiger partial charge in [-0.3, -0.25) is 0 Å². The van der Waals surface area contributed by atoms with E-state index in [0.717, 1.165) is 13.0 Å². The molecule has 1 atom stereocenters. The third-order valence-corrected chi connectivity index (χ3v) is 6.04. The van der Waals surface area contributed by atoms with Crippen molar-refractivity contribution in [2.24, 2.45) is 0 Å². The quantitative estimate of drug-likeness (QED) is 0.713. The molecule has 2 heterocycles. The Labute approximate surface area is 141 Å². The number of imidazole rings is 1. The van der Waals surface area contributed by atoms with E-state index in [1.54, 1.807) is 0 Å². The average molecular weight is 320 g/mol. The second-order valence-electron chi connectivity index (χ2n) is 6.15. The van der Waals surface area contributed by atoms with Crippen LogP contribution in [0.3, 0.4) is 0 Å². The molecule has 116 valence electrons. The molecule has 4 rings (SSSR count). The summed E-state index contributed by atoms with van der Waals surface area (Å²) in [6.07, 6.45) is 8.10. The highest BCUT2D eigenvalue weighted by molar-refractivity contribution is 8.00. The van der Waals surface area contributed by atoms with Gasteiger partial charge in [0.2, 0.25) is 0 Å². The number of benzene rings is 2. The number of aromatic nitrogens is 2. The Kier molecular flexibility index (Phi) is 3.96. The molecular formula is C20H20N2S. The van der Waals surface area contributed by atoms with Crippen LogP contribution in [0.2, 0.25) is 0 Å². The van der Waals surface area contributed by atoms with Gasteiger partial charge < -0.3 is 4.57 Å². The molecule has 0 N–H and O–H groups in total. The van der Waals surface area contributed by atoms with Gasteiger partial charge in [-0.2, -0.15) is 0 Å². The molecule has 0 saturated heterocycles. The van der Waals surface area contributed by atoms with Crippen LogP contribution < -0.4 is 0 Å². The highest BCUT2D eigenvalue weighted by atomic mass is 32.2. The Bertz CT molecular complexity index is 767. The van der Waals surface area contributed by atoms with Crippen LogP contribution in [0.25, 0.3) is 0 Å². The van der Waals surface area contributed by atoms with Crippen LogP contribution in [-0.2, 0) is 24.1 Å². The van der Waals surface area contributed by atoms with E-state index >= 15 is 0 Å². The molecule has 1 aliphatic rings. The topological polar surface area (TPSA) is 17.8 Å². The van der Waals surface area contributed by atoms with E-state index in [9.17, 15) is 0 Å². The molecule has 2 aromatic carbocycles. The van der Waals surface area contributed by atoms with Gasteiger partial charge in [0.15, 0.2) is 0 Å². The zero-order chi connectivity index (χ0) is 15.5. The molecule has 1 unspecified atom stereocenters. The maximum atomic E-state index is 4.24. The van der Waals surface area contributed by atoms with Gasteiger partial charge in [-0.25, -0.2) is 4.98 Å². The van der Waals surface area contributed by atoms with Crippen molar-refractivity contribution in [3.8, 4) is 0 Å². The molecule has 1 aromatic heterocycles. The first-order valence-electron chi connectivity index (χ1n) is 8.08. The van der Waals surface area contributed by atoms with Crippen molar-refractivity contribution in [2.45, 2.75) is 24.1 Å². The molecule has 3 aromatic rings. The largest absolute Gasteiger partial charge is 0.336 e. The van der Waals surface area contributed by atoms with E-state index in [2.05, 4.69) is 82.1 Å². The summed E-state index contributed by atoms with van der Waals surface area (Å²) >= 11 is 2.10. The van der Waals surface area contributed by atoms with Gasteiger partial charge in [0.05, 0.1) is 11.1 Å².